The van der Waals surface area contributed by atoms with Gasteiger partial charge in [-0.15, -0.1) is 0 Å². The predicted octanol–water partition coefficient (Wildman–Crippen LogP) is 0.937. The lowest BCUT2D eigenvalue weighted by Gasteiger charge is -2.13. The lowest BCUT2D eigenvalue weighted by atomic mass is 10.5. The van der Waals surface area contributed by atoms with Crippen LogP contribution in [0.25, 0.3) is 0 Å². The fraction of sp³-hybridized carbons (Fsp3) is 0.400. The van der Waals surface area contributed by atoms with Crippen molar-refractivity contribution >= 4 is 22.5 Å². The lowest BCUT2D eigenvalue weighted by molar-refractivity contribution is 0.224. The smallest absolute Gasteiger partial charge is 0.323 e. The van der Waals surface area contributed by atoms with E-state index in [1.807, 2.05) is 6.92 Å². The van der Waals surface area contributed by atoms with Crippen LogP contribution in [-0.4, -0.2) is 36.1 Å². The summed E-state index contributed by atoms with van der Waals surface area (Å²) in [5, 5.41) is 3.23. The summed E-state index contributed by atoms with van der Waals surface area (Å²) in [5.41, 5.74) is 5.26. The fourth-order valence-corrected chi connectivity index (χ4v) is 1.54. The molecule has 1 rings (SSSR count). The second kappa shape index (κ2) is 6.10. The molecule has 1 heterocycles. The van der Waals surface area contributed by atoms with Crippen molar-refractivity contribution in [1.29, 1.82) is 0 Å². The van der Waals surface area contributed by atoms with Gasteiger partial charge in [-0.3, -0.25) is 5.32 Å². The van der Waals surface area contributed by atoms with Crippen LogP contribution in [0, 0.1) is 11.8 Å². The van der Waals surface area contributed by atoms with Crippen molar-refractivity contribution < 1.29 is 4.79 Å². The van der Waals surface area contributed by atoms with E-state index in [2.05, 4.69) is 22.1 Å². The van der Waals surface area contributed by atoms with Gasteiger partial charge in [0.15, 0.2) is 5.13 Å². The number of carbonyl (C=O) groups excluding carboxylic acids is 1. The largest absolute Gasteiger partial charge is 0.328 e. The Hall–Kier alpha value is -1.58. The van der Waals surface area contributed by atoms with Gasteiger partial charge in [-0.1, -0.05) is 23.2 Å². The van der Waals surface area contributed by atoms with Crippen molar-refractivity contribution in [3.63, 3.8) is 0 Å². The van der Waals surface area contributed by atoms with Gasteiger partial charge in [0.1, 0.15) is 0 Å². The molecule has 86 valence electrons. The number of nitrogens with zero attached hydrogens (tertiary/aromatic N) is 2. The molecule has 0 aromatic carbocycles. The summed E-state index contributed by atoms with van der Waals surface area (Å²) in [6, 6.07) is -0.171. The van der Waals surface area contributed by atoms with Crippen molar-refractivity contribution in [2.24, 2.45) is 5.73 Å². The zero-order valence-electron chi connectivity index (χ0n) is 9.28. The Morgan fingerprint density at radius 1 is 1.75 bits per heavy atom. The SMILES string of the molecule is CCN(C)C(=O)Nc1ncc(C#CCN)s1. The molecule has 0 fully saturated rings. The fourth-order valence-electron chi connectivity index (χ4n) is 0.858. The van der Waals surface area contributed by atoms with Crippen LogP contribution in [0.1, 0.15) is 11.8 Å². The highest BCUT2D eigenvalue weighted by Crippen LogP contribution is 2.17. The van der Waals surface area contributed by atoms with Gasteiger partial charge in [0.25, 0.3) is 0 Å². The summed E-state index contributed by atoms with van der Waals surface area (Å²) in [4.78, 5) is 17.9. The number of rotatable bonds is 2. The second-order valence-electron chi connectivity index (χ2n) is 2.98. The van der Waals surface area contributed by atoms with E-state index in [1.54, 1.807) is 18.1 Å². The minimum absolute atomic E-state index is 0.171. The maximum atomic E-state index is 11.5. The molecule has 0 atom stereocenters. The lowest BCUT2D eigenvalue weighted by Crippen LogP contribution is -2.30. The first-order valence-electron chi connectivity index (χ1n) is 4.84. The molecule has 5 nitrogen and oxygen atoms in total. The number of anilines is 1. The van der Waals surface area contributed by atoms with Gasteiger partial charge >= 0.3 is 6.03 Å². The molecule has 3 N–H and O–H groups in total. The van der Waals surface area contributed by atoms with E-state index >= 15 is 0 Å². The van der Waals surface area contributed by atoms with E-state index in [1.165, 1.54) is 11.3 Å². The van der Waals surface area contributed by atoms with Crippen LogP contribution < -0.4 is 11.1 Å². The van der Waals surface area contributed by atoms with Crippen LogP contribution in [0.5, 0.6) is 0 Å². The number of urea groups is 1. The number of amides is 2. The highest BCUT2D eigenvalue weighted by atomic mass is 32.1. The third-order valence-corrected chi connectivity index (χ3v) is 2.68. The zero-order valence-corrected chi connectivity index (χ0v) is 10.1. The van der Waals surface area contributed by atoms with Gasteiger partial charge in [0, 0.05) is 13.6 Å². The summed E-state index contributed by atoms with van der Waals surface area (Å²) in [7, 11) is 1.72. The molecule has 0 radical (unpaired) electrons. The summed E-state index contributed by atoms with van der Waals surface area (Å²) in [5.74, 6) is 5.59. The van der Waals surface area contributed by atoms with E-state index in [4.69, 9.17) is 5.73 Å². The molecule has 6 heteroatoms. The van der Waals surface area contributed by atoms with E-state index in [9.17, 15) is 4.79 Å². The van der Waals surface area contributed by atoms with Gasteiger partial charge in [0.05, 0.1) is 17.6 Å². The Kier molecular flexibility index (Phi) is 4.76. The van der Waals surface area contributed by atoms with Gasteiger partial charge < -0.3 is 10.6 Å². The van der Waals surface area contributed by atoms with E-state index in [0.29, 0.717) is 18.2 Å². The van der Waals surface area contributed by atoms with Crippen LogP contribution in [-0.2, 0) is 0 Å². The molecule has 0 saturated carbocycles. The van der Waals surface area contributed by atoms with Gasteiger partial charge in [0.2, 0.25) is 0 Å². The van der Waals surface area contributed by atoms with Crippen LogP contribution >= 0.6 is 11.3 Å². The van der Waals surface area contributed by atoms with Gasteiger partial charge in [-0.05, 0) is 6.92 Å². The molecule has 1 aromatic rings. The number of hydrogen-bond donors (Lipinski definition) is 2. The number of hydrogen-bond acceptors (Lipinski definition) is 4. The Morgan fingerprint density at radius 3 is 3.12 bits per heavy atom. The Bertz CT molecular complexity index is 418. The Labute approximate surface area is 98.7 Å². The first-order chi connectivity index (χ1) is 7.67. The standard InChI is InChI=1S/C10H14N4OS/c1-3-14(2)10(15)13-9-12-7-8(16-9)5-4-6-11/h7H,3,6,11H2,1-2H3,(H,12,13,15). The number of thiazole rings is 1. The number of nitrogens with two attached hydrogens (primary N) is 1. The van der Waals surface area contributed by atoms with Crippen molar-refractivity contribution in [3.8, 4) is 11.8 Å². The molecule has 0 aliphatic heterocycles. The van der Waals surface area contributed by atoms with E-state index < -0.39 is 0 Å². The average Bonchev–Trinajstić information content (AvgIpc) is 2.72. The van der Waals surface area contributed by atoms with Crippen molar-refractivity contribution in [2.75, 3.05) is 25.5 Å². The third kappa shape index (κ3) is 3.53. The molecule has 0 spiro atoms. The molecular formula is C10H14N4OS. The first-order valence-corrected chi connectivity index (χ1v) is 5.66. The van der Waals surface area contributed by atoms with E-state index in [0.717, 1.165) is 4.88 Å². The van der Waals surface area contributed by atoms with Crippen molar-refractivity contribution in [1.82, 2.24) is 9.88 Å². The van der Waals surface area contributed by atoms with Crippen LogP contribution in [0.2, 0.25) is 0 Å². The normalized spacial score (nSPS) is 9.19. The van der Waals surface area contributed by atoms with Gasteiger partial charge in [-0.2, -0.15) is 0 Å². The summed E-state index contributed by atoms with van der Waals surface area (Å²) < 4.78 is 0. The minimum Gasteiger partial charge on any atom is -0.328 e. The highest BCUT2D eigenvalue weighted by Gasteiger charge is 2.08. The predicted molar refractivity (Wildman–Crippen MR) is 65.4 cm³/mol. The Balaban J connectivity index is 2.62. The highest BCUT2D eigenvalue weighted by molar-refractivity contribution is 7.16. The van der Waals surface area contributed by atoms with Crippen LogP contribution in [0.4, 0.5) is 9.93 Å². The summed E-state index contributed by atoms with van der Waals surface area (Å²) in [6.07, 6.45) is 1.62. The maximum absolute atomic E-state index is 11.5. The number of nitrogens with one attached hydrogen (secondary N) is 1. The Morgan fingerprint density at radius 2 is 2.50 bits per heavy atom. The molecule has 0 aliphatic carbocycles. The zero-order chi connectivity index (χ0) is 12.0. The maximum Gasteiger partial charge on any atom is 0.323 e. The second-order valence-corrected chi connectivity index (χ2v) is 4.01. The molecule has 0 bridgehead atoms. The summed E-state index contributed by atoms with van der Waals surface area (Å²) >= 11 is 1.33. The molecule has 0 saturated heterocycles. The molecule has 2 amide bonds. The third-order valence-electron chi connectivity index (χ3n) is 1.85. The van der Waals surface area contributed by atoms with E-state index in [-0.39, 0.29) is 6.03 Å². The number of carbonyl (C=O) groups is 1. The van der Waals surface area contributed by atoms with Crippen LogP contribution in [0.15, 0.2) is 6.20 Å². The summed E-state index contributed by atoms with van der Waals surface area (Å²) in [6.45, 7) is 2.87. The molecule has 0 aliphatic rings. The van der Waals surface area contributed by atoms with Gasteiger partial charge in [-0.25, -0.2) is 9.78 Å². The topological polar surface area (TPSA) is 71.2 Å². The molecule has 0 unspecified atom stereocenters. The molecule has 1 aromatic heterocycles. The monoisotopic (exact) mass is 238 g/mol. The quantitative estimate of drug-likeness (QED) is 0.753. The van der Waals surface area contributed by atoms with Crippen LogP contribution in [0.3, 0.4) is 0 Å². The molecular weight excluding hydrogens is 224 g/mol. The molecule has 16 heavy (non-hydrogen) atoms. The number of aromatic nitrogens is 1. The average molecular weight is 238 g/mol. The van der Waals surface area contributed by atoms with Crippen molar-refractivity contribution in [3.05, 3.63) is 11.1 Å². The minimum atomic E-state index is -0.171. The first kappa shape index (κ1) is 12.5. The van der Waals surface area contributed by atoms with Crippen molar-refractivity contribution in [2.45, 2.75) is 6.92 Å².